The molecule has 2 N–H and O–H groups in total. The molecule has 4 nitrogen and oxygen atoms in total. The standard InChI is InChI=1S/C16H21N3OS/c1-4-7-17-13-5-6-14(11(2)8-13)16(20)18-9-15-12(3)19-10-21-15/h5-6,8,10,17H,4,7,9H2,1-3H3,(H,18,20). The van der Waals surface area contributed by atoms with E-state index in [-0.39, 0.29) is 5.91 Å². The fourth-order valence-corrected chi connectivity index (χ4v) is 2.77. The molecule has 1 aromatic carbocycles. The van der Waals surface area contributed by atoms with Crippen molar-refractivity contribution in [3.63, 3.8) is 0 Å². The molecule has 0 saturated heterocycles. The number of hydrogen-bond acceptors (Lipinski definition) is 4. The molecule has 0 atom stereocenters. The summed E-state index contributed by atoms with van der Waals surface area (Å²) in [5.74, 6) is -0.0395. The van der Waals surface area contributed by atoms with Crippen LogP contribution in [-0.4, -0.2) is 17.4 Å². The zero-order valence-electron chi connectivity index (χ0n) is 12.7. The largest absolute Gasteiger partial charge is 0.385 e. The third-order valence-corrected chi connectivity index (χ3v) is 4.24. The van der Waals surface area contributed by atoms with Crippen LogP contribution < -0.4 is 10.6 Å². The third kappa shape index (κ3) is 4.04. The molecule has 2 rings (SSSR count). The van der Waals surface area contributed by atoms with Crippen LogP contribution in [-0.2, 0) is 6.54 Å². The van der Waals surface area contributed by atoms with Gasteiger partial charge in [0.05, 0.1) is 17.7 Å². The van der Waals surface area contributed by atoms with Crippen LogP contribution in [0.5, 0.6) is 0 Å². The van der Waals surface area contributed by atoms with Crippen molar-refractivity contribution in [2.75, 3.05) is 11.9 Å². The monoisotopic (exact) mass is 303 g/mol. The quantitative estimate of drug-likeness (QED) is 0.858. The number of anilines is 1. The molecule has 5 heteroatoms. The maximum atomic E-state index is 12.3. The van der Waals surface area contributed by atoms with E-state index >= 15 is 0 Å². The van der Waals surface area contributed by atoms with Gasteiger partial charge in [-0.15, -0.1) is 11.3 Å². The SMILES string of the molecule is CCCNc1ccc(C(=O)NCc2scnc2C)c(C)c1. The maximum Gasteiger partial charge on any atom is 0.251 e. The first-order valence-corrected chi connectivity index (χ1v) is 8.01. The summed E-state index contributed by atoms with van der Waals surface area (Å²) in [6.45, 7) is 7.52. The van der Waals surface area contributed by atoms with Gasteiger partial charge in [-0.05, 0) is 44.0 Å². The summed E-state index contributed by atoms with van der Waals surface area (Å²) in [6, 6.07) is 5.85. The molecule has 0 aliphatic heterocycles. The number of nitrogens with zero attached hydrogens (tertiary/aromatic N) is 1. The molecule has 0 fully saturated rings. The van der Waals surface area contributed by atoms with Crippen LogP contribution in [0, 0.1) is 13.8 Å². The van der Waals surface area contributed by atoms with Crippen LogP contribution in [0.4, 0.5) is 5.69 Å². The number of hydrogen-bond donors (Lipinski definition) is 2. The van der Waals surface area contributed by atoms with Crippen molar-refractivity contribution < 1.29 is 4.79 Å². The van der Waals surface area contributed by atoms with Crippen LogP contribution in [0.1, 0.15) is 39.8 Å². The lowest BCUT2D eigenvalue weighted by Crippen LogP contribution is -2.23. The highest BCUT2D eigenvalue weighted by Gasteiger charge is 2.10. The Morgan fingerprint density at radius 3 is 2.76 bits per heavy atom. The molecule has 1 aromatic heterocycles. The topological polar surface area (TPSA) is 54.0 Å². The van der Waals surface area contributed by atoms with Gasteiger partial charge in [0.1, 0.15) is 0 Å². The van der Waals surface area contributed by atoms with Gasteiger partial charge in [-0.3, -0.25) is 4.79 Å². The van der Waals surface area contributed by atoms with Crippen molar-refractivity contribution in [1.29, 1.82) is 0 Å². The first kappa shape index (κ1) is 15.5. The second-order valence-electron chi connectivity index (χ2n) is 5.00. The Morgan fingerprint density at radius 2 is 2.14 bits per heavy atom. The van der Waals surface area contributed by atoms with E-state index in [2.05, 4.69) is 22.5 Å². The minimum atomic E-state index is -0.0395. The van der Waals surface area contributed by atoms with Crippen molar-refractivity contribution in [3.8, 4) is 0 Å². The number of amides is 1. The minimum absolute atomic E-state index is 0.0395. The Balaban J connectivity index is 2.00. The first-order chi connectivity index (χ1) is 10.1. The molecule has 0 unspecified atom stereocenters. The molecule has 0 radical (unpaired) electrons. The van der Waals surface area contributed by atoms with Gasteiger partial charge in [0.15, 0.2) is 0 Å². The molecular formula is C16H21N3OS. The Morgan fingerprint density at radius 1 is 1.33 bits per heavy atom. The van der Waals surface area contributed by atoms with Gasteiger partial charge in [0.2, 0.25) is 0 Å². The van der Waals surface area contributed by atoms with Crippen LogP contribution in [0.3, 0.4) is 0 Å². The molecule has 0 aliphatic carbocycles. The molecule has 0 aliphatic rings. The summed E-state index contributed by atoms with van der Waals surface area (Å²) >= 11 is 1.57. The molecule has 21 heavy (non-hydrogen) atoms. The van der Waals surface area contributed by atoms with E-state index in [4.69, 9.17) is 0 Å². The van der Waals surface area contributed by atoms with Gasteiger partial charge in [-0.25, -0.2) is 4.98 Å². The van der Waals surface area contributed by atoms with Crippen LogP contribution in [0.25, 0.3) is 0 Å². The number of aromatic nitrogens is 1. The molecule has 0 bridgehead atoms. The highest BCUT2D eigenvalue weighted by molar-refractivity contribution is 7.09. The zero-order chi connectivity index (χ0) is 15.2. The number of benzene rings is 1. The fourth-order valence-electron chi connectivity index (χ4n) is 2.05. The zero-order valence-corrected chi connectivity index (χ0v) is 13.5. The summed E-state index contributed by atoms with van der Waals surface area (Å²) in [6.07, 6.45) is 1.08. The predicted octanol–water partition coefficient (Wildman–Crippen LogP) is 3.51. The minimum Gasteiger partial charge on any atom is -0.385 e. The molecule has 0 spiro atoms. The molecule has 1 amide bonds. The molecule has 1 heterocycles. The van der Waals surface area contributed by atoms with Crippen molar-refractivity contribution in [2.45, 2.75) is 33.7 Å². The third-order valence-electron chi connectivity index (χ3n) is 3.30. The van der Waals surface area contributed by atoms with Crippen molar-refractivity contribution in [1.82, 2.24) is 10.3 Å². The number of aryl methyl sites for hydroxylation is 2. The Labute approximate surface area is 129 Å². The maximum absolute atomic E-state index is 12.3. The normalized spacial score (nSPS) is 10.4. The van der Waals surface area contributed by atoms with Gasteiger partial charge in [-0.2, -0.15) is 0 Å². The summed E-state index contributed by atoms with van der Waals surface area (Å²) < 4.78 is 0. The van der Waals surface area contributed by atoms with E-state index in [9.17, 15) is 4.79 Å². The van der Waals surface area contributed by atoms with Crippen LogP contribution in [0.2, 0.25) is 0 Å². The summed E-state index contributed by atoms with van der Waals surface area (Å²) in [4.78, 5) is 17.5. The average Bonchev–Trinajstić information content (AvgIpc) is 2.88. The van der Waals surface area contributed by atoms with Crippen molar-refractivity contribution in [2.24, 2.45) is 0 Å². The summed E-state index contributed by atoms with van der Waals surface area (Å²) in [5.41, 5.74) is 5.55. The number of carbonyl (C=O) groups excluding carboxylic acids is 1. The van der Waals surface area contributed by atoms with Gasteiger partial charge in [-0.1, -0.05) is 6.92 Å². The molecular weight excluding hydrogens is 282 g/mol. The second kappa shape index (κ2) is 7.22. The number of thiazole rings is 1. The summed E-state index contributed by atoms with van der Waals surface area (Å²) in [5, 5.41) is 6.28. The number of rotatable bonds is 6. The van der Waals surface area contributed by atoms with Gasteiger partial charge in [0, 0.05) is 22.7 Å². The lowest BCUT2D eigenvalue weighted by atomic mass is 10.1. The first-order valence-electron chi connectivity index (χ1n) is 7.13. The van der Waals surface area contributed by atoms with E-state index in [1.54, 1.807) is 16.8 Å². The number of carbonyl (C=O) groups is 1. The fraction of sp³-hybridized carbons (Fsp3) is 0.375. The van der Waals surface area contributed by atoms with E-state index < -0.39 is 0 Å². The van der Waals surface area contributed by atoms with E-state index in [0.29, 0.717) is 6.54 Å². The molecule has 0 saturated carbocycles. The Hall–Kier alpha value is -1.88. The van der Waals surface area contributed by atoms with E-state index in [0.717, 1.165) is 40.4 Å². The predicted molar refractivity (Wildman–Crippen MR) is 88.0 cm³/mol. The van der Waals surface area contributed by atoms with E-state index in [1.807, 2.05) is 32.0 Å². The van der Waals surface area contributed by atoms with Gasteiger partial charge in [0.25, 0.3) is 5.91 Å². The van der Waals surface area contributed by atoms with Crippen LogP contribution >= 0.6 is 11.3 Å². The highest BCUT2D eigenvalue weighted by Crippen LogP contribution is 2.16. The lowest BCUT2D eigenvalue weighted by Gasteiger charge is -2.10. The van der Waals surface area contributed by atoms with Gasteiger partial charge >= 0.3 is 0 Å². The van der Waals surface area contributed by atoms with E-state index in [1.165, 1.54) is 0 Å². The Kier molecular flexibility index (Phi) is 5.33. The molecule has 112 valence electrons. The Bertz CT molecular complexity index is 622. The number of nitrogens with one attached hydrogen (secondary N) is 2. The van der Waals surface area contributed by atoms with Gasteiger partial charge < -0.3 is 10.6 Å². The average molecular weight is 303 g/mol. The van der Waals surface area contributed by atoms with Crippen LogP contribution in [0.15, 0.2) is 23.7 Å². The smallest absolute Gasteiger partial charge is 0.251 e. The second-order valence-corrected chi connectivity index (χ2v) is 5.94. The lowest BCUT2D eigenvalue weighted by molar-refractivity contribution is 0.0950. The molecule has 2 aromatic rings. The highest BCUT2D eigenvalue weighted by atomic mass is 32.1. The van der Waals surface area contributed by atoms with Crippen molar-refractivity contribution >= 4 is 22.9 Å². The summed E-state index contributed by atoms with van der Waals surface area (Å²) in [7, 11) is 0. The van der Waals surface area contributed by atoms with Crippen molar-refractivity contribution in [3.05, 3.63) is 45.4 Å².